The third kappa shape index (κ3) is 5.48. The summed E-state index contributed by atoms with van der Waals surface area (Å²) >= 11 is 3.36. The predicted octanol–water partition coefficient (Wildman–Crippen LogP) is 2.60. The van der Waals surface area contributed by atoms with Gasteiger partial charge in [0.05, 0.1) is 11.6 Å². The minimum absolute atomic E-state index is 0.135. The van der Waals surface area contributed by atoms with Crippen LogP contribution in [0.15, 0.2) is 22.7 Å². The molecule has 0 aliphatic rings. The third-order valence-electron chi connectivity index (χ3n) is 2.64. The van der Waals surface area contributed by atoms with Crippen molar-refractivity contribution in [1.29, 1.82) is 0 Å². The first-order valence-electron chi connectivity index (χ1n) is 6.06. The molecule has 0 bridgehead atoms. The molecule has 1 atom stereocenters. The molecule has 0 saturated carbocycles. The summed E-state index contributed by atoms with van der Waals surface area (Å²) in [6, 6.07) is 5.05. The van der Waals surface area contributed by atoms with Crippen LogP contribution in [0.5, 0.6) is 5.75 Å². The number of carbonyl (C=O) groups excluding carboxylic acids is 1. The van der Waals surface area contributed by atoms with Gasteiger partial charge in [-0.15, -0.1) is 0 Å². The van der Waals surface area contributed by atoms with Crippen molar-refractivity contribution in [3.05, 3.63) is 22.7 Å². The minimum Gasteiger partial charge on any atom is -0.496 e. The number of hydrogen-bond donors (Lipinski definition) is 3. The van der Waals surface area contributed by atoms with E-state index in [1.54, 1.807) is 25.3 Å². The van der Waals surface area contributed by atoms with Crippen LogP contribution in [0.2, 0.25) is 0 Å². The van der Waals surface area contributed by atoms with Gasteiger partial charge >= 0.3 is 6.03 Å². The zero-order chi connectivity index (χ0) is 14.3. The normalized spacial score (nSPS) is 11.8. The Hall–Kier alpha value is -1.27. The number of carbonyl (C=O) groups is 1. The number of aliphatic hydroxyl groups is 1. The van der Waals surface area contributed by atoms with Crippen molar-refractivity contribution >= 4 is 27.6 Å². The van der Waals surface area contributed by atoms with Crippen molar-refractivity contribution in [1.82, 2.24) is 5.32 Å². The maximum Gasteiger partial charge on any atom is 0.319 e. The van der Waals surface area contributed by atoms with Gasteiger partial charge in [0.25, 0.3) is 0 Å². The van der Waals surface area contributed by atoms with E-state index in [2.05, 4.69) is 26.6 Å². The molecule has 1 rings (SSSR count). The van der Waals surface area contributed by atoms with Crippen molar-refractivity contribution in [3.63, 3.8) is 0 Å². The average molecular weight is 331 g/mol. The number of ether oxygens (including phenoxy) is 1. The molecule has 2 amide bonds. The first-order valence-corrected chi connectivity index (χ1v) is 6.85. The standard InChI is InChI=1S/C13H19BrN2O3/c1-9(5-6-17)8-15-13(18)16-10-3-4-12(19-2)11(14)7-10/h3-4,7,9,17H,5-6,8H2,1-2H3,(H2,15,16,18). The monoisotopic (exact) mass is 330 g/mol. The van der Waals surface area contributed by atoms with Crippen LogP contribution in [-0.2, 0) is 0 Å². The van der Waals surface area contributed by atoms with Crippen LogP contribution in [0.4, 0.5) is 10.5 Å². The van der Waals surface area contributed by atoms with Crippen molar-refractivity contribution in [2.45, 2.75) is 13.3 Å². The Morgan fingerprint density at radius 2 is 2.26 bits per heavy atom. The fraction of sp³-hybridized carbons (Fsp3) is 0.462. The molecule has 19 heavy (non-hydrogen) atoms. The summed E-state index contributed by atoms with van der Waals surface area (Å²) in [6.45, 7) is 2.64. The molecule has 0 aliphatic carbocycles. The molecule has 1 unspecified atom stereocenters. The minimum atomic E-state index is -0.262. The lowest BCUT2D eigenvalue weighted by atomic mass is 10.1. The number of hydrogen-bond acceptors (Lipinski definition) is 3. The molecule has 106 valence electrons. The van der Waals surface area contributed by atoms with Gasteiger partial charge in [0.1, 0.15) is 5.75 Å². The molecule has 5 nitrogen and oxygen atoms in total. The maximum absolute atomic E-state index is 11.7. The Morgan fingerprint density at radius 1 is 1.53 bits per heavy atom. The zero-order valence-corrected chi connectivity index (χ0v) is 12.7. The molecule has 0 heterocycles. The third-order valence-corrected chi connectivity index (χ3v) is 3.26. The Morgan fingerprint density at radius 3 is 2.84 bits per heavy atom. The average Bonchev–Trinajstić information content (AvgIpc) is 2.37. The molecule has 1 aromatic rings. The molecule has 0 aliphatic heterocycles. The summed E-state index contributed by atoms with van der Waals surface area (Å²) in [7, 11) is 1.59. The Labute approximate surface area is 121 Å². The van der Waals surface area contributed by atoms with E-state index in [9.17, 15) is 4.79 Å². The van der Waals surface area contributed by atoms with Gasteiger partial charge in [0.2, 0.25) is 0 Å². The number of aliphatic hydroxyl groups excluding tert-OH is 1. The van der Waals surface area contributed by atoms with Crippen LogP contribution in [0.1, 0.15) is 13.3 Å². The molecular weight excluding hydrogens is 312 g/mol. The SMILES string of the molecule is COc1ccc(NC(=O)NCC(C)CCO)cc1Br. The van der Waals surface area contributed by atoms with Crippen LogP contribution < -0.4 is 15.4 Å². The summed E-state index contributed by atoms with van der Waals surface area (Å²) in [5.41, 5.74) is 0.681. The van der Waals surface area contributed by atoms with Crippen LogP contribution in [-0.4, -0.2) is 31.4 Å². The van der Waals surface area contributed by atoms with Gasteiger partial charge in [0.15, 0.2) is 0 Å². The molecule has 0 fully saturated rings. The number of rotatable bonds is 6. The van der Waals surface area contributed by atoms with Crippen LogP contribution in [0.3, 0.4) is 0 Å². The van der Waals surface area contributed by atoms with Gasteiger partial charge in [-0.2, -0.15) is 0 Å². The number of anilines is 1. The Bertz CT molecular complexity index is 426. The van der Waals surface area contributed by atoms with E-state index >= 15 is 0 Å². The second-order valence-corrected chi connectivity index (χ2v) is 5.16. The van der Waals surface area contributed by atoms with Gasteiger partial charge in [-0.3, -0.25) is 0 Å². The maximum atomic E-state index is 11.7. The number of methoxy groups -OCH3 is 1. The zero-order valence-electron chi connectivity index (χ0n) is 11.1. The Kier molecular flexibility index (Phi) is 6.66. The number of halogens is 1. The highest BCUT2D eigenvalue weighted by molar-refractivity contribution is 9.10. The van der Waals surface area contributed by atoms with Crippen molar-refractivity contribution < 1.29 is 14.6 Å². The first kappa shape index (κ1) is 15.8. The summed E-state index contributed by atoms with van der Waals surface area (Å²) in [5.74, 6) is 0.959. The van der Waals surface area contributed by atoms with Gasteiger partial charge in [0, 0.05) is 18.8 Å². The molecule has 6 heteroatoms. The van der Waals surface area contributed by atoms with Crippen LogP contribution in [0, 0.1) is 5.92 Å². The number of amides is 2. The second kappa shape index (κ2) is 8.01. The molecular formula is C13H19BrN2O3. The summed E-state index contributed by atoms with van der Waals surface area (Å²) in [6.07, 6.45) is 0.675. The lowest BCUT2D eigenvalue weighted by Gasteiger charge is -2.12. The number of benzene rings is 1. The highest BCUT2D eigenvalue weighted by Gasteiger charge is 2.07. The number of nitrogens with one attached hydrogen (secondary N) is 2. The molecule has 3 N–H and O–H groups in total. The van der Waals surface area contributed by atoms with Gasteiger partial charge in [-0.05, 0) is 46.5 Å². The highest BCUT2D eigenvalue weighted by atomic mass is 79.9. The van der Waals surface area contributed by atoms with Gasteiger partial charge in [-0.25, -0.2) is 4.79 Å². The van der Waals surface area contributed by atoms with Crippen molar-refractivity contribution in [2.24, 2.45) is 5.92 Å². The van der Waals surface area contributed by atoms with Crippen LogP contribution in [0.25, 0.3) is 0 Å². The van der Waals surface area contributed by atoms with E-state index in [1.807, 2.05) is 6.92 Å². The topological polar surface area (TPSA) is 70.6 Å². The summed E-state index contributed by atoms with van der Waals surface area (Å²) in [4.78, 5) is 11.7. The lowest BCUT2D eigenvalue weighted by molar-refractivity contribution is 0.243. The molecule has 0 saturated heterocycles. The fourth-order valence-corrected chi connectivity index (χ4v) is 2.05. The van der Waals surface area contributed by atoms with Gasteiger partial charge in [-0.1, -0.05) is 6.92 Å². The van der Waals surface area contributed by atoms with Crippen molar-refractivity contribution in [3.8, 4) is 5.75 Å². The number of urea groups is 1. The van der Waals surface area contributed by atoms with E-state index in [4.69, 9.17) is 9.84 Å². The van der Waals surface area contributed by atoms with E-state index < -0.39 is 0 Å². The summed E-state index contributed by atoms with van der Waals surface area (Å²) < 4.78 is 5.89. The smallest absolute Gasteiger partial charge is 0.319 e. The quantitative estimate of drug-likeness (QED) is 0.750. The highest BCUT2D eigenvalue weighted by Crippen LogP contribution is 2.27. The van der Waals surface area contributed by atoms with E-state index in [1.165, 1.54) is 0 Å². The van der Waals surface area contributed by atoms with Crippen molar-refractivity contribution in [2.75, 3.05) is 25.6 Å². The van der Waals surface area contributed by atoms with E-state index in [-0.39, 0.29) is 18.6 Å². The molecule has 0 radical (unpaired) electrons. The van der Waals surface area contributed by atoms with E-state index in [0.717, 1.165) is 4.47 Å². The molecule has 1 aromatic carbocycles. The fourth-order valence-electron chi connectivity index (χ4n) is 1.51. The molecule has 0 spiro atoms. The largest absolute Gasteiger partial charge is 0.496 e. The first-order chi connectivity index (χ1) is 9.06. The molecule has 0 aromatic heterocycles. The van der Waals surface area contributed by atoms with Crippen LogP contribution >= 0.6 is 15.9 Å². The Balaban J connectivity index is 2.46. The second-order valence-electron chi connectivity index (χ2n) is 4.30. The summed E-state index contributed by atoms with van der Waals surface area (Å²) in [5, 5.41) is 14.3. The van der Waals surface area contributed by atoms with Gasteiger partial charge < -0.3 is 20.5 Å². The predicted molar refractivity (Wildman–Crippen MR) is 78.6 cm³/mol. The lowest BCUT2D eigenvalue weighted by Crippen LogP contribution is -2.32. The van der Waals surface area contributed by atoms with E-state index in [0.29, 0.717) is 24.4 Å².